The SMILES string of the molecule is Clc1ccc(CCCN2CCC3(CCNC3)C2)cc1. The number of likely N-dealkylation sites (tertiary alicyclic amines) is 1. The van der Waals surface area contributed by atoms with E-state index in [9.17, 15) is 0 Å². The minimum Gasteiger partial charge on any atom is -0.316 e. The second-order valence-corrected chi connectivity index (χ2v) is 6.62. The molecule has 2 fully saturated rings. The Morgan fingerprint density at radius 3 is 2.79 bits per heavy atom. The van der Waals surface area contributed by atoms with Crippen LogP contribution in [0.1, 0.15) is 24.8 Å². The summed E-state index contributed by atoms with van der Waals surface area (Å²) < 4.78 is 0. The average molecular weight is 279 g/mol. The number of rotatable bonds is 4. The first-order valence-corrected chi connectivity index (χ1v) is 7.81. The molecule has 1 aromatic rings. The molecule has 1 N–H and O–H groups in total. The molecule has 2 saturated heterocycles. The number of benzene rings is 1. The van der Waals surface area contributed by atoms with Crippen molar-refractivity contribution in [1.82, 2.24) is 10.2 Å². The van der Waals surface area contributed by atoms with Gasteiger partial charge in [0.15, 0.2) is 0 Å². The molecule has 104 valence electrons. The molecule has 3 rings (SSSR count). The summed E-state index contributed by atoms with van der Waals surface area (Å²) in [5, 5.41) is 4.36. The van der Waals surface area contributed by atoms with Crippen molar-refractivity contribution in [3.05, 3.63) is 34.9 Å². The van der Waals surface area contributed by atoms with Gasteiger partial charge in [0.1, 0.15) is 0 Å². The van der Waals surface area contributed by atoms with Crippen LogP contribution in [0.25, 0.3) is 0 Å². The number of aryl methyl sites for hydroxylation is 1. The standard InChI is InChI=1S/C16H23ClN2/c17-15-5-3-14(4-6-15)2-1-10-19-11-8-16(13-19)7-9-18-12-16/h3-6,18H,1-2,7-13H2. The number of halogens is 1. The fraction of sp³-hybridized carbons (Fsp3) is 0.625. The molecule has 19 heavy (non-hydrogen) atoms. The van der Waals surface area contributed by atoms with E-state index in [0.29, 0.717) is 5.41 Å². The van der Waals surface area contributed by atoms with Gasteiger partial charge in [-0.05, 0) is 68.4 Å². The maximum atomic E-state index is 5.90. The largest absolute Gasteiger partial charge is 0.316 e. The summed E-state index contributed by atoms with van der Waals surface area (Å²) in [5.41, 5.74) is 2.01. The highest BCUT2D eigenvalue weighted by atomic mass is 35.5. The van der Waals surface area contributed by atoms with Crippen LogP contribution in [0, 0.1) is 5.41 Å². The van der Waals surface area contributed by atoms with Crippen LogP contribution in [0.4, 0.5) is 0 Å². The minimum atomic E-state index is 0.611. The first-order valence-electron chi connectivity index (χ1n) is 7.43. The van der Waals surface area contributed by atoms with Gasteiger partial charge in [-0.3, -0.25) is 0 Å². The Morgan fingerprint density at radius 1 is 1.21 bits per heavy atom. The zero-order chi connectivity index (χ0) is 13.1. The summed E-state index contributed by atoms with van der Waals surface area (Å²) in [6.45, 7) is 6.30. The Hall–Kier alpha value is -0.570. The fourth-order valence-corrected chi connectivity index (χ4v) is 3.65. The predicted octanol–water partition coefficient (Wildman–Crippen LogP) is 2.96. The van der Waals surface area contributed by atoms with Gasteiger partial charge in [0.25, 0.3) is 0 Å². The van der Waals surface area contributed by atoms with Crippen LogP contribution in [0.15, 0.2) is 24.3 Å². The van der Waals surface area contributed by atoms with Crippen molar-refractivity contribution in [1.29, 1.82) is 0 Å². The van der Waals surface area contributed by atoms with E-state index in [-0.39, 0.29) is 0 Å². The summed E-state index contributed by atoms with van der Waals surface area (Å²) in [6.07, 6.45) is 5.19. The van der Waals surface area contributed by atoms with Crippen LogP contribution in [0.3, 0.4) is 0 Å². The summed E-state index contributed by atoms with van der Waals surface area (Å²) in [7, 11) is 0. The number of nitrogens with one attached hydrogen (secondary N) is 1. The molecular formula is C16H23ClN2. The maximum Gasteiger partial charge on any atom is 0.0406 e. The first-order chi connectivity index (χ1) is 9.26. The molecule has 2 heterocycles. The minimum absolute atomic E-state index is 0.611. The Balaban J connectivity index is 1.42. The van der Waals surface area contributed by atoms with Crippen LogP contribution in [0.5, 0.6) is 0 Å². The van der Waals surface area contributed by atoms with E-state index < -0.39 is 0 Å². The van der Waals surface area contributed by atoms with Gasteiger partial charge >= 0.3 is 0 Å². The number of hydrogen-bond acceptors (Lipinski definition) is 2. The topological polar surface area (TPSA) is 15.3 Å². The van der Waals surface area contributed by atoms with Crippen molar-refractivity contribution in [3.63, 3.8) is 0 Å². The van der Waals surface area contributed by atoms with Crippen LogP contribution in [0.2, 0.25) is 5.02 Å². The quantitative estimate of drug-likeness (QED) is 0.911. The maximum absolute atomic E-state index is 5.90. The van der Waals surface area contributed by atoms with E-state index in [4.69, 9.17) is 11.6 Å². The van der Waals surface area contributed by atoms with Gasteiger partial charge < -0.3 is 10.2 Å². The molecule has 2 nitrogen and oxygen atoms in total. The van der Waals surface area contributed by atoms with E-state index >= 15 is 0 Å². The number of nitrogens with zero attached hydrogens (tertiary/aromatic N) is 1. The molecule has 0 aromatic heterocycles. The summed E-state index contributed by atoms with van der Waals surface area (Å²) in [6, 6.07) is 8.28. The lowest BCUT2D eigenvalue weighted by molar-refractivity contribution is 0.272. The molecule has 0 saturated carbocycles. The fourth-order valence-electron chi connectivity index (χ4n) is 3.52. The Labute approximate surface area is 121 Å². The van der Waals surface area contributed by atoms with Crippen LogP contribution in [-0.4, -0.2) is 37.6 Å². The molecule has 0 aliphatic carbocycles. The summed E-state index contributed by atoms with van der Waals surface area (Å²) in [4.78, 5) is 2.66. The van der Waals surface area contributed by atoms with Crippen molar-refractivity contribution >= 4 is 11.6 Å². The number of hydrogen-bond donors (Lipinski definition) is 1. The van der Waals surface area contributed by atoms with Gasteiger partial charge in [-0.25, -0.2) is 0 Å². The molecule has 1 unspecified atom stereocenters. The normalized spacial score (nSPS) is 27.4. The average Bonchev–Trinajstić information content (AvgIpc) is 3.03. The molecule has 0 amide bonds. The highest BCUT2D eigenvalue weighted by Gasteiger charge is 2.39. The third-order valence-corrected chi connectivity index (χ3v) is 4.95. The summed E-state index contributed by atoms with van der Waals surface area (Å²) >= 11 is 5.90. The van der Waals surface area contributed by atoms with E-state index in [1.165, 1.54) is 64.0 Å². The summed E-state index contributed by atoms with van der Waals surface area (Å²) in [5.74, 6) is 0. The van der Waals surface area contributed by atoms with Crippen molar-refractivity contribution in [2.24, 2.45) is 5.41 Å². The smallest absolute Gasteiger partial charge is 0.0406 e. The second kappa shape index (κ2) is 5.82. The lowest BCUT2D eigenvalue weighted by Crippen LogP contribution is -2.29. The molecule has 2 aliphatic rings. The molecule has 1 aromatic carbocycles. The Morgan fingerprint density at radius 2 is 2.05 bits per heavy atom. The van der Waals surface area contributed by atoms with E-state index in [0.717, 1.165) is 5.02 Å². The van der Waals surface area contributed by atoms with Crippen molar-refractivity contribution < 1.29 is 0 Å². The molecule has 3 heteroatoms. The van der Waals surface area contributed by atoms with Gasteiger partial charge in [-0.2, -0.15) is 0 Å². The second-order valence-electron chi connectivity index (χ2n) is 6.18. The van der Waals surface area contributed by atoms with E-state index in [1.54, 1.807) is 0 Å². The van der Waals surface area contributed by atoms with E-state index in [2.05, 4.69) is 22.3 Å². The van der Waals surface area contributed by atoms with Gasteiger partial charge in [-0.1, -0.05) is 23.7 Å². The van der Waals surface area contributed by atoms with Crippen molar-refractivity contribution in [2.75, 3.05) is 32.7 Å². The molecule has 0 bridgehead atoms. The molecule has 0 radical (unpaired) electrons. The van der Waals surface area contributed by atoms with Crippen LogP contribution >= 0.6 is 11.6 Å². The van der Waals surface area contributed by atoms with Crippen molar-refractivity contribution in [3.8, 4) is 0 Å². The Bertz CT molecular complexity index is 409. The zero-order valence-electron chi connectivity index (χ0n) is 11.5. The van der Waals surface area contributed by atoms with Crippen LogP contribution in [-0.2, 0) is 6.42 Å². The highest BCUT2D eigenvalue weighted by Crippen LogP contribution is 2.35. The van der Waals surface area contributed by atoms with Gasteiger partial charge in [0.05, 0.1) is 0 Å². The van der Waals surface area contributed by atoms with Crippen LogP contribution < -0.4 is 5.32 Å². The zero-order valence-corrected chi connectivity index (χ0v) is 12.3. The van der Waals surface area contributed by atoms with Gasteiger partial charge in [0.2, 0.25) is 0 Å². The van der Waals surface area contributed by atoms with Gasteiger partial charge in [0, 0.05) is 18.1 Å². The van der Waals surface area contributed by atoms with Gasteiger partial charge in [-0.15, -0.1) is 0 Å². The molecule has 2 aliphatic heterocycles. The monoisotopic (exact) mass is 278 g/mol. The molecular weight excluding hydrogens is 256 g/mol. The predicted molar refractivity (Wildman–Crippen MR) is 80.7 cm³/mol. The van der Waals surface area contributed by atoms with Crippen molar-refractivity contribution in [2.45, 2.75) is 25.7 Å². The lowest BCUT2D eigenvalue weighted by Gasteiger charge is -2.22. The lowest BCUT2D eigenvalue weighted by atomic mass is 9.87. The highest BCUT2D eigenvalue weighted by molar-refractivity contribution is 6.30. The first kappa shape index (κ1) is 13.4. The van der Waals surface area contributed by atoms with E-state index in [1.807, 2.05) is 12.1 Å². The molecule has 1 spiro atoms. The third kappa shape index (κ3) is 3.31. The Kier molecular flexibility index (Phi) is 4.11. The molecule has 1 atom stereocenters. The third-order valence-electron chi connectivity index (χ3n) is 4.70.